The number of aryl methyl sites for hydroxylation is 1. The Morgan fingerprint density at radius 2 is 1.75 bits per heavy atom. The van der Waals surface area contributed by atoms with Gasteiger partial charge in [-0.25, -0.2) is 0 Å². The largest absolute Gasteiger partial charge is 0.383 e. The number of nitrogens with one attached hydrogen (secondary N) is 1. The Balaban J connectivity index is 2.06. The van der Waals surface area contributed by atoms with Crippen LogP contribution in [0.15, 0.2) is 54.2 Å². The van der Waals surface area contributed by atoms with Gasteiger partial charge in [0.2, 0.25) is 0 Å². The molecule has 2 aromatic rings. The molecule has 0 spiro atoms. The summed E-state index contributed by atoms with van der Waals surface area (Å²) < 4.78 is 5.00. The highest BCUT2D eigenvalue weighted by atomic mass is 16.6. The third-order valence-electron chi connectivity index (χ3n) is 4.46. The molecule has 0 radical (unpaired) electrons. The number of nitro groups is 1. The highest BCUT2D eigenvalue weighted by Gasteiger charge is 2.39. The third-order valence-corrected chi connectivity index (χ3v) is 4.46. The van der Waals surface area contributed by atoms with E-state index < -0.39 is 16.7 Å². The van der Waals surface area contributed by atoms with Crippen molar-refractivity contribution in [3.63, 3.8) is 0 Å². The zero-order valence-electron chi connectivity index (χ0n) is 15.5. The molecule has 28 heavy (non-hydrogen) atoms. The Morgan fingerprint density at radius 3 is 2.36 bits per heavy atom. The summed E-state index contributed by atoms with van der Waals surface area (Å²) in [4.78, 5) is 37.4. The number of non-ortho nitro benzene ring substituents is 1. The van der Waals surface area contributed by atoms with Gasteiger partial charge in [0, 0.05) is 24.9 Å². The van der Waals surface area contributed by atoms with Gasteiger partial charge in [-0.15, -0.1) is 0 Å². The van der Waals surface area contributed by atoms with Crippen LogP contribution in [0.5, 0.6) is 0 Å². The van der Waals surface area contributed by atoms with Gasteiger partial charge in [-0.05, 0) is 36.2 Å². The fraction of sp³-hybridized carbons (Fsp3) is 0.200. The van der Waals surface area contributed by atoms with Crippen LogP contribution in [0.2, 0.25) is 0 Å². The molecule has 0 bridgehead atoms. The molecule has 8 nitrogen and oxygen atoms in total. The smallest absolute Gasteiger partial charge is 0.278 e. The molecule has 1 aliphatic heterocycles. The molecule has 0 aliphatic carbocycles. The molecule has 3 rings (SSSR count). The number of benzene rings is 2. The van der Waals surface area contributed by atoms with Gasteiger partial charge >= 0.3 is 0 Å². The molecule has 1 N–H and O–H groups in total. The maximum Gasteiger partial charge on any atom is 0.278 e. The van der Waals surface area contributed by atoms with Crippen LogP contribution >= 0.6 is 0 Å². The number of methoxy groups -OCH3 is 1. The van der Waals surface area contributed by atoms with Crippen molar-refractivity contribution in [3.8, 4) is 0 Å². The van der Waals surface area contributed by atoms with E-state index in [1.54, 1.807) is 0 Å². The number of ether oxygens (including phenoxy) is 1. The van der Waals surface area contributed by atoms with Crippen LogP contribution in [0, 0.1) is 17.0 Å². The van der Waals surface area contributed by atoms with Crippen molar-refractivity contribution in [2.75, 3.05) is 25.6 Å². The quantitative estimate of drug-likeness (QED) is 0.449. The summed E-state index contributed by atoms with van der Waals surface area (Å²) in [5, 5.41) is 14.0. The first kappa shape index (κ1) is 19.2. The summed E-state index contributed by atoms with van der Waals surface area (Å²) in [7, 11) is 1.49. The van der Waals surface area contributed by atoms with Crippen molar-refractivity contribution in [2.45, 2.75) is 6.92 Å². The summed E-state index contributed by atoms with van der Waals surface area (Å²) in [6.07, 6.45) is 0. The minimum atomic E-state index is -0.517. The highest BCUT2D eigenvalue weighted by Crippen LogP contribution is 2.31. The topological polar surface area (TPSA) is 102 Å². The molecule has 0 saturated heterocycles. The Morgan fingerprint density at radius 1 is 1.07 bits per heavy atom. The molecule has 1 aliphatic rings. The van der Waals surface area contributed by atoms with E-state index >= 15 is 0 Å². The van der Waals surface area contributed by atoms with Crippen LogP contribution in [0.3, 0.4) is 0 Å². The Hall–Kier alpha value is -3.52. The van der Waals surface area contributed by atoms with Crippen LogP contribution in [0.1, 0.15) is 11.1 Å². The number of imide groups is 1. The molecule has 0 atom stereocenters. The van der Waals surface area contributed by atoms with Gasteiger partial charge in [-0.1, -0.05) is 18.2 Å². The minimum Gasteiger partial charge on any atom is -0.383 e. The number of hydrogen-bond donors (Lipinski definition) is 1. The Bertz CT molecular complexity index is 966. The van der Waals surface area contributed by atoms with E-state index in [1.165, 1.54) is 31.4 Å². The monoisotopic (exact) mass is 381 g/mol. The predicted molar refractivity (Wildman–Crippen MR) is 103 cm³/mol. The van der Waals surface area contributed by atoms with Crippen LogP contribution in [0.25, 0.3) is 5.57 Å². The lowest BCUT2D eigenvalue weighted by atomic mass is 10.0. The van der Waals surface area contributed by atoms with E-state index in [9.17, 15) is 19.7 Å². The molecule has 0 saturated carbocycles. The molecular weight excluding hydrogens is 362 g/mol. The number of anilines is 1. The summed E-state index contributed by atoms with van der Waals surface area (Å²) in [5.41, 5.74) is 2.27. The maximum atomic E-state index is 12.9. The van der Waals surface area contributed by atoms with Gasteiger partial charge in [0.1, 0.15) is 5.70 Å². The molecule has 0 aromatic heterocycles. The second-order valence-corrected chi connectivity index (χ2v) is 6.25. The lowest BCUT2D eigenvalue weighted by Gasteiger charge is -2.15. The van der Waals surface area contributed by atoms with Crippen molar-refractivity contribution in [3.05, 3.63) is 75.5 Å². The Labute approximate surface area is 161 Å². The summed E-state index contributed by atoms with van der Waals surface area (Å²) in [6.45, 7) is 2.21. The van der Waals surface area contributed by atoms with Gasteiger partial charge in [0.15, 0.2) is 0 Å². The van der Waals surface area contributed by atoms with Gasteiger partial charge in [0.05, 0.1) is 23.6 Å². The number of amides is 2. The number of para-hydroxylation sites is 1. The molecule has 8 heteroatoms. The number of nitro benzene ring substituents is 1. The van der Waals surface area contributed by atoms with E-state index in [0.717, 1.165) is 10.5 Å². The van der Waals surface area contributed by atoms with Crippen LogP contribution in [-0.2, 0) is 14.3 Å². The first-order chi connectivity index (χ1) is 13.4. The fourth-order valence-electron chi connectivity index (χ4n) is 2.94. The van der Waals surface area contributed by atoms with E-state index in [4.69, 9.17) is 4.74 Å². The van der Waals surface area contributed by atoms with Crippen LogP contribution < -0.4 is 5.32 Å². The zero-order valence-corrected chi connectivity index (χ0v) is 15.5. The molecule has 1 heterocycles. The summed E-state index contributed by atoms with van der Waals surface area (Å²) in [6, 6.07) is 13.0. The first-order valence-electron chi connectivity index (χ1n) is 8.61. The molecule has 144 valence electrons. The lowest BCUT2D eigenvalue weighted by Crippen LogP contribution is -2.35. The number of nitrogens with zero attached hydrogens (tertiary/aromatic N) is 2. The number of rotatable bonds is 7. The summed E-state index contributed by atoms with van der Waals surface area (Å²) >= 11 is 0. The van der Waals surface area contributed by atoms with Gasteiger partial charge in [-0.3, -0.25) is 24.6 Å². The normalized spacial score (nSPS) is 14.0. The van der Waals surface area contributed by atoms with E-state index in [2.05, 4.69) is 5.32 Å². The SMILES string of the molecule is COCCN1C(=O)C(Nc2ccccc2C)=C(c2ccc([N+](=O)[O-])cc2)C1=O. The first-order valence-corrected chi connectivity index (χ1v) is 8.61. The van der Waals surface area contributed by atoms with Crippen LogP contribution in [-0.4, -0.2) is 41.9 Å². The lowest BCUT2D eigenvalue weighted by molar-refractivity contribution is -0.384. The predicted octanol–water partition coefficient (Wildman–Crippen LogP) is 2.74. The molecular formula is C20H19N3O5. The van der Waals surface area contributed by atoms with E-state index in [-0.39, 0.29) is 30.1 Å². The van der Waals surface area contributed by atoms with Crippen LogP contribution in [0.4, 0.5) is 11.4 Å². The van der Waals surface area contributed by atoms with Crippen molar-refractivity contribution in [1.29, 1.82) is 0 Å². The van der Waals surface area contributed by atoms with Crippen molar-refractivity contribution < 1.29 is 19.2 Å². The number of hydrogen-bond acceptors (Lipinski definition) is 6. The van der Waals surface area contributed by atoms with E-state index in [1.807, 2.05) is 31.2 Å². The Kier molecular flexibility index (Phi) is 5.51. The van der Waals surface area contributed by atoms with Crippen molar-refractivity contribution in [2.24, 2.45) is 0 Å². The van der Waals surface area contributed by atoms with Crippen molar-refractivity contribution in [1.82, 2.24) is 4.90 Å². The molecule has 0 fully saturated rings. The minimum absolute atomic E-state index is 0.0919. The van der Waals surface area contributed by atoms with Gasteiger partial charge in [0.25, 0.3) is 17.5 Å². The molecule has 2 amide bonds. The molecule has 2 aromatic carbocycles. The highest BCUT2D eigenvalue weighted by molar-refractivity contribution is 6.36. The zero-order chi connectivity index (χ0) is 20.3. The van der Waals surface area contributed by atoms with Crippen molar-refractivity contribution >= 4 is 28.8 Å². The van der Waals surface area contributed by atoms with Gasteiger partial charge < -0.3 is 10.1 Å². The number of carbonyl (C=O) groups is 2. The third kappa shape index (κ3) is 3.63. The fourth-order valence-corrected chi connectivity index (χ4v) is 2.94. The second-order valence-electron chi connectivity index (χ2n) is 6.25. The van der Waals surface area contributed by atoms with Gasteiger partial charge in [-0.2, -0.15) is 0 Å². The average Bonchev–Trinajstić information content (AvgIpc) is 2.91. The van der Waals surface area contributed by atoms with E-state index in [0.29, 0.717) is 11.3 Å². The molecule has 0 unspecified atom stereocenters. The summed E-state index contributed by atoms with van der Waals surface area (Å²) in [5.74, 6) is -0.925. The second kappa shape index (κ2) is 8.01. The number of carbonyl (C=O) groups excluding carboxylic acids is 2. The maximum absolute atomic E-state index is 12.9. The standard InChI is InChI=1S/C20H19N3O5/c1-13-5-3-4-6-16(13)21-18-17(14-7-9-15(10-8-14)23(26)27)19(24)22(20(18)25)11-12-28-2/h3-10,21H,11-12H2,1-2H3. The average molecular weight is 381 g/mol.